The molecular weight excluding hydrogens is 288 g/mol. The van der Waals surface area contributed by atoms with Gasteiger partial charge in [0.05, 0.1) is 6.54 Å². The van der Waals surface area contributed by atoms with Crippen molar-refractivity contribution in [1.82, 2.24) is 20.4 Å². The molecule has 1 atom stereocenters. The van der Waals surface area contributed by atoms with Crippen LogP contribution in [-0.2, 0) is 13.0 Å². The lowest BCUT2D eigenvalue weighted by molar-refractivity contribution is 0.146. The van der Waals surface area contributed by atoms with E-state index in [0.29, 0.717) is 11.9 Å². The maximum absolute atomic E-state index is 5.36. The Morgan fingerprint density at radius 1 is 1.33 bits per heavy atom. The summed E-state index contributed by atoms with van der Waals surface area (Å²) < 4.78 is 5.36. The summed E-state index contributed by atoms with van der Waals surface area (Å²) in [6, 6.07) is 10.7. The minimum atomic E-state index is 0. The average Bonchev–Trinajstić information content (AvgIpc) is 2.90. The van der Waals surface area contributed by atoms with Gasteiger partial charge in [0.2, 0.25) is 5.89 Å². The molecule has 1 aliphatic heterocycles. The van der Waals surface area contributed by atoms with Crippen LogP contribution in [-0.4, -0.2) is 40.7 Å². The topological polar surface area (TPSA) is 54.2 Å². The number of hydrogen-bond donors (Lipinski definition) is 1. The third kappa shape index (κ3) is 4.27. The van der Waals surface area contributed by atoms with E-state index in [0.717, 1.165) is 38.4 Å². The Hall–Kier alpha value is -1.43. The molecule has 0 amide bonds. The molecular formula is C15H21ClN4O. The first kappa shape index (κ1) is 15.9. The molecule has 1 fully saturated rings. The summed E-state index contributed by atoms with van der Waals surface area (Å²) in [7, 11) is 0. The van der Waals surface area contributed by atoms with Crippen molar-refractivity contribution >= 4 is 12.4 Å². The quantitative estimate of drug-likeness (QED) is 0.934. The van der Waals surface area contributed by atoms with E-state index in [-0.39, 0.29) is 12.4 Å². The first-order valence-electron chi connectivity index (χ1n) is 7.11. The standard InChI is InChI=1S/C15H20N4O.ClH/c1-12-10-16-7-8-19(12)11-15-17-14(18-20-15)9-13-5-3-2-4-6-13;/h2-6,12,16H,7-11H2,1H3;1H/t12-;/m1./s1. The highest BCUT2D eigenvalue weighted by Gasteiger charge is 2.20. The number of nitrogens with zero attached hydrogens (tertiary/aromatic N) is 3. The zero-order valence-electron chi connectivity index (χ0n) is 12.2. The zero-order chi connectivity index (χ0) is 13.8. The first-order chi connectivity index (χ1) is 9.81. The maximum Gasteiger partial charge on any atom is 0.240 e. The van der Waals surface area contributed by atoms with Crippen molar-refractivity contribution in [3.63, 3.8) is 0 Å². The van der Waals surface area contributed by atoms with Crippen LogP contribution in [0.2, 0.25) is 0 Å². The Kier molecular flexibility index (Phi) is 5.73. The second-order valence-electron chi connectivity index (χ2n) is 5.29. The minimum absolute atomic E-state index is 0. The predicted molar refractivity (Wildman–Crippen MR) is 83.5 cm³/mol. The van der Waals surface area contributed by atoms with Crippen molar-refractivity contribution in [1.29, 1.82) is 0 Å². The molecule has 1 aromatic heterocycles. The molecule has 3 rings (SSSR count). The van der Waals surface area contributed by atoms with Crippen LogP contribution < -0.4 is 5.32 Å². The van der Waals surface area contributed by atoms with Crippen molar-refractivity contribution in [3.05, 3.63) is 47.6 Å². The Bertz CT molecular complexity index is 546. The van der Waals surface area contributed by atoms with Gasteiger partial charge in [0.15, 0.2) is 5.82 Å². The highest BCUT2D eigenvalue weighted by molar-refractivity contribution is 5.85. The van der Waals surface area contributed by atoms with Crippen LogP contribution in [0.15, 0.2) is 34.9 Å². The van der Waals surface area contributed by atoms with E-state index in [2.05, 4.69) is 39.4 Å². The highest BCUT2D eigenvalue weighted by atomic mass is 35.5. The lowest BCUT2D eigenvalue weighted by Gasteiger charge is -2.32. The molecule has 6 heteroatoms. The SMILES string of the molecule is C[C@@H]1CNCCN1Cc1nc(Cc2ccccc2)no1.Cl. The summed E-state index contributed by atoms with van der Waals surface area (Å²) in [6.45, 7) is 6.02. The largest absolute Gasteiger partial charge is 0.338 e. The molecule has 0 radical (unpaired) electrons. The summed E-state index contributed by atoms with van der Waals surface area (Å²) in [6.07, 6.45) is 0.724. The average molecular weight is 309 g/mol. The van der Waals surface area contributed by atoms with Gasteiger partial charge >= 0.3 is 0 Å². The molecule has 2 heterocycles. The number of benzene rings is 1. The van der Waals surface area contributed by atoms with E-state index in [4.69, 9.17) is 4.52 Å². The smallest absolute Gasteiger partial charge is 0.240 e. The number of halogens is 1. The third-order valence-corrected chi connectivity index (χ3v) is 3.69. The Morgan fingerprint density at radius 3 is 2.90 bits per heavy atom. The van der Waals surface area contributed by atoms with Crippen molar-refractivity contribution in [2.24, 2.45) is 0 Å². The summed E-state index contributed by atoms with van der Waals surface area (Å²) in [5.41, 5.74) is 1.20. The van der Waals surface area contributed by atoms with Gasteiger partial charge in [0.25, 0.3) is 0 Å². The minimum Gasteiger partial charge on any atom is -0.338 e. The molecule has 0 aliphatic carbocycles. The van der Waals surface area contributed by atoms with Gasteiger partial charge in [0, 0.05) is 32.1 Å². The number of aromatic nitrogens is 2. The molecule has 114 valence electrons. The van der Waals surface area contributed by atoms with E-state index in [1.165, 1.54) is 5.56 Å². The van der Waals surface area contributed by atoms with Crippen LogP contribution >= 0.6 is 12.4 Å². The molecule has 0 unspecified atom stereocenters. The van der Waals surface area contributed by atoms with Crippen LogP contribution in [0.25, 0.3) is 0 Å². The molecule has 21 heavy (non-hydrogen) atoms. The van der Waals surface area contributed by atoms with Crippen molar-refractivity contribution in [2.45, 2.75) is 25.9 Å². The van der Waals surface area contributed by atoms with E-state index in [1.54, 1.807) is 0 Å². The lowest BCUT2D eigenvalue weighted by atomic mass is 10.1. The fraction of sp³-hybridized carbons (Fsp3) is 0.467. The van der Waals surface area contributed by atoms with Crippen LogP contribution in [0.5, 0.6) is 0 Å². The van der Waals surface area contributed by atoms with Gasteiger partial charge < -0.3 is 9.84 Å². The lowest BCUT2D eigenvalue weighted by Crippen LogP contribution is -2.49. The van der Waals surface area contributed by atoms with Crippen LogP contribution in [0.1, 0.15) is 24.2 Å². The number of rotatable bonds is 4. The molecule has 1 aromatic carbocycles. The van der Waals surface area contributed by atoms with Gasteiger partial charge in [0.1, 0.15) is 0 Å². The van der Waals surface area contributed by atoms with Crippen LogP contribution in [0.4, 0.5) is 0 Å². The number of hydrogen-bond acceptors (Lipinski definition) is 5. The van der Waals surface area contributed by atoms with Gasteiger partial charge in [-0.25, -0.2) is 0 Å². The predicted octanol–water partition coefficient (Wildman–Crippen LogP) is 1.88. The second-order valence-corrected chi connectivity index (χ2v) is 5.29. The first-order valence-corrected chi connectivity index (χ1v) is 7.11. The molecule has 0 bridgehead atoms. The molecule has 1 aliphatic rings. The fourth-order valence-corrected chi connectivity index (χ4v) is 2.50. The summed E-state index contributed by atoms with van der Waals surface area (Å²) in [4.78, 5) is 6.87. The summed E-state index contributed by atoms with van der Waals surface area (Å²) in [5, 5.41) is 7.45. The molecule has 2 aromatic rings. The maximum atomic E-state index is 5.36. The van der Waals surface area contributed by atoms with Crippen molar-refractivity contribution in [2.75, 3.05) is 19.6 Å². The molecule has 1 saturated heterocycles. The summed E-state index contributed by atoms with van der Waals surface area (Å²) in [5.74, 6) is 1.47. The van der Waals surface area contributed by atoms with Gasteiger partial charge in [-0.2, -0.15) is 4.98 Å². The van der Waals surface area contributed by atoms with Gasteiger partial charge in [-0.05, 0) is 12.5 Å². The molecule has 5 nitrogen and oxygen atoms in total. The highest BCUT2D eigenvalue weighted by Crippen LogP contribution is 2.10. The monoisotopic (exact) mass is 308 g/mol. The normalized spacial score (nSPS) is 19.2. The van der Waals surface area contributed by atoms with E-state index in [1.807, 2.05) is 18.2 Å². The number of nitrogens with one attached hydrogen (secondary N) is 1. The molecule has 0 saturated carbocycles. The number of piperazine rings is 1. The van der Waals surface area contributed by atoms with Crippen LogP contribution in [0, 0.1) is 0 Å². The molecule has 0 spiro atoms. The second kappa shape index (κ2) is 7.54. The Morgan fingerprint density at radius 2 is 2.14 bits per heavy atom. The van der Waals surface area contributed by atoms with Crippen molar-refractivity contribution in [3.8, 4) is 0 Å². The van der Waals surface area contributed by atoms with Crippen LogP contribution in [0.3, 0.4) is 0 Å². The van der Waals surface area contributed by atoms with Gasteiger partial charge in [-0.1, -0.05) is 35.5 Å². The summed E-state index contributed by atoms with van der Waals surface area (Å²) >= 11 is 0. The zero-order valence-corrected chi connectivity index (χ0v) is 13.0. The van der Waals surface area contributed by atoms with E-state index >= 15 is 0 Å². The molecule has 1 N–H and O–H groups in total. The Balaban J connectivity index is 0.00000161. The Labute approximate surface area is 131 Å². The fourth-order valence-electron chi connectivity index (χ4n) is 2.50. The van der Waals surface area contributed by atoms with Gasteiger partial charge in [-0.15, -0.1) is 12.4 Å². The third-order valence-electron chi connectivity index (χ3n) is 3.69. The van der Waals surface area contributed by atoms with E-state index < -0.39 is 0 Å². The van der Waals surface area contributed by atoms with Crippen molar-refractivity contribution < 1.29 is 4.52 Å². The van der Waals surface area contributed by atoms with Gasteiger partial charge in [-0.3, -0.25) is 4.90 Å². The van der Waals surface area contributed by atoms with E-state index in [9.17, 15) is 0 Å².